The van der Waals surface area contributed by atoms with Gasteiger partial charge in [0.25, 0.3) is 0 Å². The summed E-state index contributed by atoms with van der Waals surface area (Å²) in [5.74, 6) is 3.23. The Kier molecular flexibility index (Phi) is 4.68. The molecule has 0 unspecified atom stereocenters. The molecule has 158 valence electrons. The zero-order chi connectivity index (χ0) is 20.2. The third-order valence-electron chi connectivity index (χ3n) is 8.05. The number of nitrogens with zero attached hydrogens (tertiary/aromatic N) is 1. The van der Waals surface area contributed by atoms with E-state index in [1.54, 1.807) is 31.4 Å². The van der Waals surface area contributed by atoms with Gasteiger partial charge in [0, 0.05) is 13.1 Å². The Morgan fingerprint density at radius 3 is 1.97 bits per heavy atom. The Hall–Kier alpha value is -1.56. The number of benzene rings is 1. The molecular formula is C23H31NO4S. The lowest BCUT2D eigenvalue weighted by atomic mass is 9.49. The van der Waals surface area contributed by atoms with Crippen LogP contribution in [0.25, 0.3) is 0 Å². The van der Waals surface area contributed by atoms with E-state index in [4.69, 9.17) is 4.74 Å². The molecule has 1 aliphatic heterocycles. The van der Waals surface area contributed by atoms with E-state index in [0.29, 0.717) is 42.5 Å². The Morgan fingerprint density at radius 2 is 1.48 bits per heavy atom. The van der Waals surface area contributed by atoms with E-state index in [2.05, 4.69) is 0 Å². The number of sulfone groups is 1. The van der Waals surface area contributed by atoms with Crippen LogP contribution in [0.5, 0.6) is 5.75 Å². The summed E-state index contributed by atoms with van der Waals surface area (Å²) in [4.78, 5) is 15.9. The number of amides is 1. The van der Waals surface area contributed by atoms with Gasteiger partial charge in [-0.25, -0.2) is 8.42 Å². The molecule has 1 saturated heterocycles. The Labute approximate surface area is 173 Å². The molecule has 1 aromatic carbocycles. The quantitative estimate of drug-likeness (QED) is 0.750. The molecule has 4 saturated carbocycles. The van der Waals surface area contributed by atoms with Gasteiger partial charge in [-0.1, -0.05) is 0 Å². The number of likely N-dealkylation sites (tertiary alicyclic amines) is 1. The van der Waals surface area contributed by atoms with Gasteiger partial charge in [0.05, 0.1) is 22.7 Å². The first-order valence-corrected chi connectivity index (χ1v) is 12.6. The van der Waals surface area contributed by atoms with E-state index in [9.17, 15) is 13.2 Å². The van der Waals surface area contributed by atoms with E-state index in [1.807, 2.05) is 4.90 Å². The molecule has 4 bridgehead atoms. The predicted molar refractivity (Wildman–Crippen MR) is 110 cm³/mol. The number of carbonyl (C=O) groups is 1. The lowest BCUT2D eigenvalue weighted by Crippen LogP contribution is -2.56. The van der Waals surface area contributed by atoms with Crippen molar-refractivity contribution in [3.8, 4) is 5.75 Å². The van der Waals surface area contributed by atoms with E-state index >= 15 is 0 Å². The van der Waals surface area contributed by atoms with Gasteiger partial charge in [0.2, 0.25) is 5.91 Å². The van der Waals surface area contributed by atoms with Crippen molar-refractivity contribution in [2.75, 3.05) is 20.2 Å². The first kappa shape index (κ1) is 19.4. The summed E-state index contributed by atoms with van der Waals surface area (Å²) >= 11 is 0. The van der Waals surface area contributed by atoms with Crippen LogP contribution in [-0.4, -0.2) is 44.7 Å². The molecule has 5 nitrogen and oxygen atoms in total. The normalized spacial score (nSPS) is 34.4. The zero-order valence-electron chi connectivity index (χ0n) is 17.2. The number of ether oxygens (including phenoxy) is 1. The number of hydrogen-bond donors (Lipinski definition) is 0. The molecule has 6 rings (SSSR count). The summed E-state index contributed by atoms with van der Waals surface area (Å²) in [7, 11) is -1.81. The van der Waals surface area contributed by atoms with Crippen molar-refractivity contribution in [1.29, 1.82) is 0 Å². The number of piperidine rings is 1. The second kappa shape index (κ2) is 7.00. The Bertz CT molecular complexity index is 849. The van der Waals surface area contributed by atoms with Crippen LogP contribution in [-0.2, 0) is 14.6 Å². The second-order valence-electron chi connectivity index (χ2n) is 9.91. The summed E-state index contributed by atoms with van der Waals surface area (Å²) in [6.45, 7) is 1.14. The van der Waals surface area contributed by atoms with E-state index in [1.165, 1.54) is 19.3 Å². The van der Waals surface area contributed by atoms with Crippen molar-refractivity contribution in [3.05, 3.63) is 24.3 Å². The molecule has 29 heavy (non-hydrogen) atoms. The number of carbonyl (C=O) groups excluding carboxylic acids is 1. The molecule has 0 aromatic heterocycles. The summed E-state index contributed by atoms with van der Waals surface area (Å²) < 4.78 is 31.2. The fraction of sp³-hybridized carbons (Fsp3) is 0.696. The molecule has 5 aliphatic rings. The van der Waals surface area contributed by atoms with Crippen molar-refractivity contribution in [3.63, 3.8) is 0 Å². The van der Waals surface area contributed by atoms with Crippen molar-refractivity contribution in [2.24, 2.45) is 23.2 Å². The molecule has 0 N–H and O–H groups in total. The minimum atomic E-state index is -3.37. The lowest BCUT2D eigenvalue weighted by molar-refractivity contribution is -0.158. The van der Waals surface area contributed by atoms with Crippen molar-refractivity contribution < 1.29 is 17.9 Å². The van der Waals surface area contributed by atoms with E-state index in [-0.39, 0.29) is 5.41 Å². The van der Waals surface area contributed by atoms with Gasteiger partial charge in [0.15, 0.2) is 9.84 Å². The SMILES string of the molecule is COc1ccc(S(=O)(=O)C2CCN(C(=O)C34CC5CC(CC(C5)C3)C4)CC2)cc1. The average molecular weight is 418 g/mol. The molecule has 5 fully saturated rings. The van der Waals surface area contributed by atoms with Crippen LogP contribution in [0.4, 0.5) is 0 Å². The van der Waals surface area contributed by atoms with Crippen LogP contribution in [0, 0.1) is 23.2 Å². The second-order valence-corrected chi connectivity index (χ2v) is 12.1. The maximum Gasteiger partial charge on any atom is 0.228 e. The van der Waals surface area contributed by atoms with Crippen molar-refractivity contribution >= 4 is 15.7 Å². The first-order valence-electron chi connectivity index (χ1n) is 11.1. The highest BCUT2D eigenvalue weighted by molar-refractivity contribution is 7.92. The molecular weight excluding hydrogens is 386 g/mol. The maximum atomic E-state index is 13.5. The third-order valence-corrected chi connectivity index (χ3v) is 10.3. The average Bonchev–Trinajstić information content (AvgIpc) is 2.72. The van der Waals surface area contributed by atoms with E-state index in [0.717, 1.165) is 37.0 Å². The highest BCUT2D eigenvalue weighted by Gasteiger charge is 2.55. The molecule has 1 aromatic rings. The zero-order valence-corrected chi connectivity index (χ0v) is 18.0. The summed E-state index contributed by atoms with van der Waals surface area (Å²) in [6.07, 6.45) is 8.27. The van der Waals surface area contributed by atoms with Gasteiger partial charge in [0.1, 0.15) is 5.75 Å². The molecule has 1 amide bonds. The molecule has 0 atom stereocenters. The monoisotopic (exact) mass is 417 g/mol. The summed E-state index contributed by atoms with van der Waals surface area (Å²) in [6, 6.07) is 6.64. The van der Waals surface area contributed by atoms with Gasteiger partial charge in [-0.3, -0.25) is 4.79 Å². The van der Waals surface area contributed by atoms with Gasteiger partial charge in [-0.2, -0.15) is 0 Å². The topological polar surface area (TPSA) is 63.7 Å². The van der Waals surface area contributed by atoms with Gasteiger partial charge in [-0.15, -0.1) is 0 Å². The minimum Gasteiger partial charge on any atom is -0.497 e. The van der Waals surface area contributed by atoms with Crippen molar-refractivity contribution in [1.82, 2.24) is 4.90 Å². The van der Waals surface area contributed by atoms with Crippen LogP contribution in [0.2, 0.25) is 0 Å². The van der Waals surface area contributed by atoms with Crippen LogP contribution >= 0.6 is 0 Å². The fourth-order valence-electron chi connectivity index (χ4n) is 7.04. The van der Waals surface area contributed by atoms with Gasteiger partial charge >= 0.3 is 0 Å². The highest BCUT2D eigenvalue weighted by Crippen LogP contribution is 2.60. The number of rotatable bonds is 4. The van der Waals surface area contributed by atoms with Crippen molar-refractivity contribution in [2.45, 2.75) is 61.5 Å². The third kappa shape index (κ3) is 3.28. The first-order chi connectivity index (χ1) is 13.9. The Morgan fingerprint density at radius 1 is 0.966 bits per heavy atom. The van der Waals surface area contributed by atoms with Gasteiger partial charge in [-0.05, 0) is 93.4 Å². The predicted octanol–water partition coefficient (Wildman–Crippen LogP) is 3.68. The molecule has 0 radical (unpaired) electrons. The van der Waals surface area contributed by atoms with Gasteiger partial charge < -0.3 is 9.64 Å². The van der Waals surface area contributed by atoms with E-state index < -0.39 is 15.1 Å². The molecule has 4 aliphatic carbocycles. The van der Waals surface area contributed by atoms with Crippen LogP contribution in [0.15, 0.2) is 29.2 Å². The smallest absolute Gasteiger partial charge is 0.228 e. The molecule has 6 heteroatoms. The van der Waals surface area contributed by atoms with Crippen LogP contribution in [0.1, 0.15) is 51.4 Å². The maximum absolute atomic E-state index is 13.5. The molecule has 0 spiro atoms. The summed E-state index contributed by atoms with van der Waals surface area (Å²) in [5, 5.41) is -0.406. The highest BCUT2D eigenvalue weighted by atomic mass is 32.2. The number of hydrogen-bond acceptors (Lipinski definition) is 4. The standard InChI is InChI=1S/C23H31NO4S/c1-28-19-2-4-20(5-3-19)29(26,27)21-6-8-24(9-7-21)22(25)23-13-16-10-17(14-23)12-18(11-16)15-23/h2-5,16-18,21H,6-15H2,1H3. The summed E-state index contributed by atoms with van der Waals surface area (Å²) in [5.41, 5.74) is -0.129. The Balaban J connectivity index is 1.26. The van der Waals surface area contributed by atoms with Crippen LogP contribution in [0.3, 0.4) is 0 Å². The number of methoxy groups -OCH3 is 1. The minimum absolute atomic E-state index is 0.129. The van der Waals surface area contributed by atoms with Crippen LogP contribution < -0.4 is 4.74 Å². The molecule has 1 heterocycles. The largest absolute Gasteiger partial charge is 0.497 e. The fourth-order valence-corrected chi connectivity index (χ4v) is 8.77. The lowest BCUT2D eigenvalue weighted by Gasteiger charge is -2.57.